The Bertz CT molecular complexity index is 348. The summed E-state index contributed by atoms with van der Waals surface area (Å²) in [6, 6.07) is 0. The molecule has 0 aromatic carbocycles. The van der Waals surface area contributed by atoms with E-state index in [0.717, 1.165) is 24.2 Å². The minimum absolute atomic E-state index is 0.350. The predicted molar refractivity (Wildman–Crippen MR) is 66.4 cm³/mol. The first kappa shape index (κ1) is 14.3. The maximum Gasteiger partial charge on any atom is 0.332 e. The zero-order chi connectivity index (χ0) is 13.5. The summed E-state index contributed by atoms with van der Waals surface area (Å²) in [6.45, 7) is 4.25. The minimum Gasteiger partial charge on any atom is -0.463 e. The van der Waals surface area contributed by atoms with E-state index in [2.05, 4.69) is 0 Å². The van der Waals surface area contributed by atoms with Crippen molar-refractivity contribution in [3.63, 3.8) is 0 Å². The van der Waals surface area contributed by atoms with Crippen LogP contribution < -0.4 is 0 Å². The fourth-order valence-electron chi connectivity index (χ4n) is 1.75. The van der Waals surface area contributed by atoms with Crippen LogP contribution in [0.1, 0.15) is 26.7 Å². The van der Waals surface area contributed by atoms with E-state index in [1.54, 1.807) is 13.8 Å². The second-order valence-electron chi connectivity index (χ2n) is 3.83. The van der Waals surface area contributed by atoms with Crippen LogP contribution in [0.25, 0.3) is 0 Å². The Morgan fingerprint density at radius 3 is 1.78 bits per heavy atom. The van der Waals surface area contributed by atoms with Crippen LogP contribution in [0.2, 0.25) is 0 Å². The summed E-state index contributed by atoms with van der Waals surface area (Å²) in [5.41, 5.74) is 1.70. The number of ether oxygens (including phenoxy) is 2. The van der Waals surface area contributed by atoms with Crippen molar-refractivity contribution in [2.45, 2.75) is 26.7 Å². The van der Waals surface area contributed by atoms with Crippen molar-refractivity contribution in [1.29, 1.82) is 0 Å². The van der Waals surface area contributed by atoms with E-state index >= 15 is 0 Å². The number of carbonyl (C=O) groups is 2. The van der Waals surface area contributed by atoms with Gasteiger partial charge in [-0.25, -0.2) is 9.59 Å². The molecule has 0 amide bonds. The number of hydrogen-bond donors (Lipinski definition) is 0. The molecule has 0 spiro atoms. The summed E-state index contributed by atoms with van der Waals surface area (Å²) in [4.78, 5) is 24.5. The molecule has 0 aliphatic carbocycles. The second-order valence-corrected chi connectivity index (χ2v) is 3.83. The Labute approximate surface area is 107 Å². The second kappa shape index (κ2) is 6.83. The molecular formula is C13H19NO4. The Morgan fingerprint density at radius 1 is 1.06 bits per heavy atom. The number of allylic oxidation sites excluding steroid dienone is 2. The van der Waals surface area contributed by atoms with Gasteiger partial charge in [-0.1, -0.05) is 0 Å². The number of esters is 2. The Kier molecular flexibility index (Phi) is 5.42. The Hall–Kier alpha value is -1.78. The van der Waals surface area contributed by atoms with E-state index in [4.69, 9.17) is 9.47 Å². The zero-order valence-electron chi connectivity index (χ0n) is 11.1. The highest BCUT2D eigenvalue weighted by Crippen LogP contribution is 2.28. The van der Waals surface area contributed by atoms with E-state index < -0.39 is 0 Å². The van der Waals surface area contributed by atoms with Crippen molar-refractivity contribution in [3.05, 3.63) is 23.5 Å². The van der Waals surface area contributed by atoms with Crippen molar-refractivity contribution in [3.8, 4) is 0 Å². The molecule has 0 aromatic heterocycles. The largest absolute Gasteiger partial charge is 0.463 e. The lowest BCUT2D eigenvalue weighted by Crippen LogP contribution is -2.13. The first-order valence-electron chi connectivity index (χ1n) is 6.06. The molecule has 1 heterocycles. The van der Waals surface area contributed by atoms with Gasteiger partial charge in [-0.2, -0.15) is 0 Å². The molecule has 0 unspecified atom stereocenters. The molecule has 5 heteroatoms. The summed E-state index contributed by atoms with van der Waals surface area (Å²) in [5.74, 6) is -0.700. The summed E-state index contributed by atoms with van der Waals surface area (Å²) in [5, 5.41) is 0. The monoisotopic (exact) mass is 253 g/mol. The van der Waals surface area contributed by atoms with Gasteiger partial charge in [-0.15, -0.1) is 0 Å². The molecule has 0 atom stereocenters. The molecule has 5 nitrogen and oxygen atoms in total. The van der Waals surface area contributed by atoms with Gasteiger partial charge < -0.3 is 14.4 Å². The lowest BCUT2D eigenvalue weighted by Gasteiger charge is -2.14. The number of nitrogens with zero attached hydrogens (tertiary/aromatic N) is 1. The van der Waals surface area contributed by atoms with Crippen LogP contribution in [-0.4, -0.2) is 37.1 Å². The van der Waals surface area contributed by atoms with E-state index in [1.807, 2.05) is 11.9 Å². The maximum absolute atomic E-state index is 11.3. The van der Waals surface area contributed by atoms with Gasteiger partial charge in [0.2, 0.25) is 0 Å². The molecule has 1 fully saturated rings. The third-order valence-electron chi connectivity index (χ3n) is 2.64. The number of hydrogen-bond acceptors (Lipinski definition) is 5. The smallest absolute Gasteiger partial charge is 0.332 e. The number of rotatable bonds is 4. The van der Waals surface area contributed by atoms with E-state index in [-0.39, 0.29) is 11.9 Å². The van der Waals surface area contributed by atoms with Gasteiger partial charge in [-0.05, 0) is 26.7 Å². The van der Waals surface area contributed by atoms with Crippen LogP contribution in [0.3, 0.4) is 0 Å². The first-order chi connectivity index (χ1) is 8.58. The summed E-state index contributed by atoms with van der Waals surface area (Å²) in [7, 11) is 1.82. The van der Waals surface area contributed by atoms with Crippen LogP contribution in [0, 0.1) is 0 Å². The maximum atomic E-state index is 11.3. The lowest BCUT2D eigenvalue weighted by molar-refractivity contribution is -0.138. The van der Waals surface area contributed by atoms with Crippen LogP contribution in [0.15, 0.2) is 23.5 Å². The molecule has 1 aliphatic heterocycles. The molecule has 1 saturated heterocycles. The Morgan fingerprint density at radius 2 is 1.44 bits per heavy atom. The van der Waals surface area contributed by atoms with Crippen molar-refractivity contribution in [2.75, 3.05) is 20.3 Å². The predicted octanol–water partition coefficient (Wildman–Crippen LogP) is 1.61. The third-order valence-corrected chi connectivity index (χ3v) is 2.64. The van der Waals surface area contributed by atoms with Crippen LogP contribution in [0.4, 0.5) is 0 Å². The van der Waals surface area contributed by atoms with Crippen LogP contribution >= 0.6 is 0 Å². The highest BCUT2D eigenvalue weighted by molar-refractivity contribution is 5.84. The Balaban J connectivity index is 2.69. The molecule has 18 heavy (non-hydrogen) atoms. The van der Waals surface area contributed by atoms with Crippen LogP contribution in [0.5, 0.6) is 0 Å². The zero-order valence-corrected chi connectivity index (χ0v) is 11.1. The van der Waals surface area contributed by atoms with Crippen molar-refractivity contribution >= 4 is 11.9 Å². The quantitative estimate of drug-likeness (QED) is 0.562. The molecular weight excluding hydrogens is 234 g/mol. The minimum atomic E-state index is -0.350. The lowest BCUT2D eigenvalue weighted by atomic mass is 10.2. The molecule has 0 N–H and O–H groups in total. The standard InChI is InChI=1S/C13H19NO4/c1-4-17-12(15)8-10-6-7-11(14(10)3)9-13(16)18-5-2/h8-9H,4-7H2,1-3H3. The topological polar surface area (TPSA) is 55.8 Å². The summed E-state index contributed by atoms with van der Waals surface area (Å²) in [6.07, 6.45) is 4.38. The summed E-state index contributed by atoms with van der Waals surface area (Å²) >= 11 is 0. The average molecular weight is 253 g/mol. The molecule has 0 saturated carbocycles. The highest BCUT2D eigenvalue weighted by Gasteiger charge is 2.21. The van der Waals surface area contributed by atoms with Gasteiger partial charge in [0.05, 0.1) is 13.2 Å². The number of carbonyl (C=O) groups excluding carboxylic acids is 2. The molecule has 0 bridgehead atoms. The normalized spacial score (nSPS) is 19.4. The van der Waals surface area contributed by atoms with Crippen LogP contribution in [-0.2, 0) is 19.1 Å². The molecule has 100 valence electrons. The SMILES string of the molecule is CCOC(=O)C=C1CCC(=CC(=O)OCC)N1C. The van der Waals surface area contributed by atoms with Crippen molar-refractivity contribution < 1.29 is 19.1 Å². The molecule has 0 radical (unpaired) electrons. The fourth-order valence-corrected chi connectivity index (χ4v) is 1.75. The van der Waals surface area contributed by atoms with E-state index in [9.17, 15) is 9.59 Å². The molecule has 1 rings (SSSR count). The van der Waals surface area contributed by atoms with Gasteiger partial charge in [0.1, 0.15) is 0 Å². The number of likely N-dealkylation sites (tertiary alicyclic amines) is 1. The van der Waals surface area contributed by atoms with Gasteiger partial charge in [-0.3, -0.25) is 0 Å². The van der Waals surface area contributed by atoms with Gasteiger partial charge in [0.15, 0.2) is 0 Å². The third kappa shape index (κ3) is 3.91. The van der Waals surface area contributed by atoms with Crippen molar-refractivity contribution in [1.82, 2.24) is 4.90 Å². The molecule has 0 aromatic rings. The average Bonchev–Trinajstić information content (AvgIpc) is 2.62. The first-order valence-corrected chi connectivity index (χ1v) is 6.06. The van der Waals surface area contributed by atoms with Crippen molar-refractivity contribution in [2.24, 2.45) is 0 Å². The summed E-state index contributed by atoms with van der Waals surface area (Å²) < 4.78 is 9.71. The van der Waals surface area contributed by atoms with Gasteiger partial charge >= 0.3 is 11.9 Å². The highest BCUT2D eigenvalue weighted by atomic mass is 16.5. The molecule has 1 aliphatic rings. The van der Waals surface area contributed by atoms with Gasteiger partial charge in [0.25, 0.3) is 0 Å². The van der Waals surface area contributed by atoms with E-state index in [0.29, 0.717) is 13.2 Å². The fraction of sp³-hybridized carbons (Fsp3) is 0.538. The van der Waals surface area contributed by atoms with Gasteiger partial charge in [0, 0.05) is 30.6 Å². The van der Waals surface area contributed by atoms with E-state index in [1.165, 1.54) is 12.2 Å².